The molecule has 0 spiro atoms. The minimum absolute atomic E-state index is 0.0473. The van der Waals surface area contributed by atoms with Crippen LogP contribution < -0.4 is 20.1 Å². The Morgan fingerprint density at radius 2 is 1.65 bits per heavy atom. The van der Waals surface area contributed by atoms with Gasteiger partial charge in [-0.2, -0.15) is 0 Å². The number of hydrogen-bond acceptors (Lipinski definition) is 6. The summed E-state index contributed by atoms with van der Waals surface area (Å²) in [6.07, 6.45) is 0.122. The maximum atomic E-state index is 6.19. The fourth-order valence-corrected chi connectivity index (χ4v) is 2.68. The van der Waals surface area contributed by atoms with Gasteiger partial charge in [0.2, 0.25) is 0 Å². The van der Waals surface area contributed by atoms with Gasteiger partial charge in [0.05, 0.1) is 18.2 Å². The highest BCUT2D eigenvalue weighted by Gasteiger charge is 2.16. The Balaban J connectivity index is 1.50. The third-order valence-electron chi connectivity index (χ3n) is 3.77. The van der Waals surface area contributed by atoms with Crippen LogP contribution in [0.25, 0.3) is 0 Å². The average molecular weight is 343 g/mol. The summed E-state index contributed by atoms with van der Waals surface area (Å²) in [5, 5.41) is 7.12. The minimum atomic E-state index is 0.0473. The second-order valence-corrected chi connectivity index (χ2v) is 6.02. The van der Waals surface area contributed by atoms with Crippen molar-refractivity contribution in [3.05, 3.63) is 23.2 Å². The standard InChI is InChI=1S/C16H23ClN2O4/c17-15-2-1-12(22-10-13-8-18-3-5-20-13)7-16(15)23-11-14-9-19-4-6-21-14/h1-2,7,13-14,18-19H,3-6,8-11H2/t13-,14-/m0/s1. The SMILES string of the molecule is Clc1ccc(OC[C@@H]2CNCCO2)cc1OC[C@@H]1CNCCO1. The zero-order valence-corrected chi connectivity index (χ0v) is 13.8. The number of benzene rings is 1. The average Bonchev–Trinajstić information content (AvgIpc) is 2.62. The first-order valence-corrected chi connectivity index (χ1v) is 8.39. The normalized spacial score (nSPS) is 25.1. The molecule has 0 bridgehead atoms. The summed E-state index contributed by atoms with van der Waals surface area (Å²) in [6, 6.07) is 5.44. The van der Waals surface area contributed by atoms with Gasteiger partial charge >= 0.3 is 0 Å². The number of morpholine rings is 2. The van der Waals surface area contributed by atoms with Crippen molar-refractivity contribution in [1.82, 2.24) is 10.6 Å². The van der Waals surface area contributed by atoms with Crippen molar-refractivity contribution in [2.45, 2.75) is 12.2 Å². The number of rotatable bonds is 6. The summed E-state index contributed by atoms with van der Waals surface area (Å²) in [5.41, 5.74) is 0. The number of hydrogen-bond donors (Lipinski definition) is 2. The predicted molar refractivity (Wildman–Crippen MR) is 87.7 cm³/mol. The molecular weight excluding hydrogens is 320 g/mol. The molecule has 23 heavy (non-hydrogen) atoms. The summed E-state index contributed by atoms with van der Waals surface area (Å²) in [7, 11) is 0. The van der Waals surface area contributed by atoms with Crippen LogP contribution in [0.2, 0.25) is 5.02 Å². The predicted octanol–water partition coefficient (Wildman–Crippen LogP) is 1.07. The summed E-state index contributed by atoms with van der Waals surface area (Å²) in [6.45, 7) is 5.78. The molecule has 0 saturated carbocycles. The molecule has 0 unspecified atom stereocenters. The van der Waals surface area contributed by atoms with Gasteiger partial charge in [-0.3, -0.25) is 0 Å². The van der Waals surface area contributed by atoms with Gasteiger partial charge in [-0.1, -0.05) is 11.6 Å². The van der Waals surface area contributed by atoms with Gasteiger partial charge in [0.25, 0.3) is 0 Å². The van der Waals surface area contributed by atoms with Crippen molar-refractivity contribution in [3.8, 4) is 11.5 Å². The Kier molecular flexibility index (Phi) is 6.36. The molecule has 2 saturated heterocycles. The van der Waals surface area contributed by atoms with Crippen molar-refractivity contribution in [3.63, 3.8) is 0 Å². The lowest BCUT2D eigenvalue weighted by Crippen LogP contribution is -2.41. The molecular formula is C16H23ClN2O4. The molecule has 0 radical (unpaired) electrons. The van der Waals surface area contributed by atoms with E-state index in [1.165, 1.54) is 0 Å². The molecule has 3 rings (SSSR count). The van der Waals surface area contributed by atoms with Crippen molar-refractivity contribution in [2.75, 3.05) is 52.6 Å². The molecule has 2 N–H and O–H groups in total. The first kappa shape index (κ1) is 16.8. The number of halogens is 1. The van der Waals surface area contributed by atoms with Gasteiger partial charge in [0.15, 0.2) is 0 Å². The molecule has 1 aromatic carbocycles. The Hall–Kier alpha value is -1.05. The molecule has 7 heteroatoms. The largest absolute Gasteiger partial charge is 0.491 e. The molecule has 2 aliphatic rings. The lowest BCUT2D eigenvalue weighted by atomic mass is 10.3. The second kappa shape index (κ2) is 8.70. The second-order valence-electron chi connectivity index (χ2n) is 5.61. The maximum Gasteiger partial charge on any atom is 0.141 e. The van der Waals surface area contributed by atoms with Gasteiger partial charge in [-0.05, 0) is 12.1 Å². The van der Waals surface area contributed by atoms with E-state index in [1.54, 1.807) is 6.07 Å². The molecule has 2 heterocycles. The van der Waals surface area contributed by atoms with Crippen LogP contribution in [0.4, 0.5) is 0 Å². The number of ether oxygens (including phenoxy) is 4. The quantitative estimate of drug-likeness (QED) is 0.806. The van der Waals surface area contributed by atoms with Crippen LogP contribution in [-0.2, 0) is 9.47 Å². The zero-order valence-electron chi connectivity index (χ0n) is 13.1. The summed E-state index contributed by atoms with van der Waals surface area (Å²) >= 11 is 6.19. The van der Waals surface area contributed by atoms with Crippen LogP contribution in [0, 0.1) is 0 Å². The maximum absolute atomic E-state index is 6.19. The molecule has 6 nitrogen and oxygen atoms in total. The monoisotopic (exact) mass is 342 g/mol. The van der Waals surface area contributed by atoms with Crippen LogP contribution in [0.3, 0.4) is 0 Å². The Morgan fingerprint density at radius 3 is 2.26 bits per heavy atom. The summed E-state index contributed by atoms with van der Waals surface area (Å²) in [5.74, 6) is 1.34. The van der Waals surface area contributed by atoms with Crippen molar-refractivity contribution in [2.24, 2.45) is 0 Å². The molecule has 2 atom stereocenters. The Labute approximate surface area is 141 Å². The van der Waals surface area contributed by atoms with E-state index in [0.29, 0.717) is 30.6 Å². The van der Waals surface area contributed by atoms with Crippen LogP contribution in [0.1, 0.15) is 0 Å². The smallest absolute Gasteiger partial charge is 0.141 e. The third kappa shape index (κ3) is 5.22. The molecule has 2 fully saturated rings. The van der Waals surface area contributed by atoms with E-state index in [1.807, 2.05) is 12.1 Å². The third-order valence-corrected chi connectivity index (χ3v) is 4.08. The van der Waals surface area contributed by atoms with E-state index >= 15 is 0 Å². The minimum Gasteiger partial charge on any atom is -0.491 e. The van der Waals surface area contributed by atoms with E-state index in [2.05, 4.69) is 10.6 Å². The van der Waals surface area contributed by atoms with E-state index in [0.717, 1.165) is 38.5 Å². The fourth-order valence-electron chi connectivity index (χ4n) is 2.51. The van der Waals surface area contributed by atoms with E-state index in [4.69, 9.17) is 30.5 Å². The van der Waals surface area contributed by atoms with Crippen molar-refractivity contribution in [1.29, 1.82) is 0 Å². The molecule has 1 aromatic rings. The van der Waals surface area contributed by atoms with Crippen molar-refractivity contribution >= 4 is 11.6 Å². The van der Waals surface area contributed by atoms with E-state index < -0.39 is 0 Å². The lowest BCUT2D eigenvalue weighted by Gasteiger charge is -2.24. The van der Waals surface area contributed by atoms with Gasteiger partial charge in [-0.15, -0.1) is 0 Å². The lowest BCUT2D eigenvalue weighted by molar-refractivity contribution is -0.00130. The fraction of sp³-hybridized carbons (Fsp3) is 0.625. The van der Waals surface area contributed by atoms with Gasteiger partial charge in [0.1, 0.15) is 36.9 Å². The molecule has 2 aliphatic heterocycles. The van der Waals surface area contributed by atoms with Crippen LogP contribution in [0.15, 0.2) is 18.2 Å². The molecule has 0 aliphatic carbocycles. The van der Waals surface area contributed by atoms with E-state index in [9.17, 15) is 0 Å². The van der Waals surface area contributed by atoms with Crippen LogP contribution in [0.5, 0.6) is 11.5 Å². The molecule has 128 valence electrons. The highest BCUT2D eigenvalue weighted by Crippen LogP contribution is 2.29. The topological polar surface area (TPSA) is 61.0 Å². The highest BCUT2D eigenvalue weighted by molar-refractivity contribution is 6.32. The highest BCUT2D eigenvalue weighted by atomic mass is 35.5. The molecule has 0 aromatic heterocycles. The number of nitrogens with one attached hydrogen (secondary N) is 2. The summed E-state index contributed by atoms with van der Waals surface area (Å²) in [4.78, 5) is 0. The van der Waals surface area contributed by atoms with Gasteiger partial charge < -0.3 is 29.6 Å². The van der Waals surface area contributed by atoms with Gasteiger partial charge in [0, 0.05) is 32.2 Å². The molecule has 0 amide bonds. The first-order valence-electron chi connectivity index (χ1n) is 8.01. The van der Waals surface area contributed by atoms with Gasteiger partial charge in [-0.25, -0.2) is 0 Å². The van der Waals surface area contributed by atoms with E-state index in [-0.39, 0.29) is 12.2 Å². The first-order chi connectivity index (χ1) is 11.3. The Morgan fingerprint density at radius 1 is 1.00 bits per heavy atom. The Bertz CT molecular complexity index is 491. The zero-order chi connectivity index (χ0) is 15.9. The summed E-state index contributed by atoms with van der Waals surface area (Å²) < 4.78 is 22.8. The van der Waals surface area contributed by atoms with Crippen LogP contribution in [-0.4, -0.2) is 64.8 Å². The van der Waals surface area contributed by atoms with Crippen LogP contribution >= 0.6 is 11.6 Å². The van der Waals surface area contributed by atoms with Crippen molar-refractivity contribution < 1.29 is 18.9 Å².